The molecule has 1 fully saturated rings. The van der Waals surface area contributed by atoms with Crippen LogP contribution in [0.1, 0.15) is 23.1 Å². The molecular formula is C20H21ClFN3O2S. The van der Waals surface area contributed by atoms with Crippen LogP contribution in [0.15, 0.2) is 36.4 Å². The number of hydrogen-bond donors (Lipinski definition) is 0. The molecule has 0 aliphatic carbocycles. The zero-order chi connectivity index (χ0) is 20.5. The van der Waals surface area contributed by atoms with Gasteiger partial charge in [0.2, 0.25) is 10.0 Å². The van der Waals surface area contributed by atoms with Crippen LogP contribution in [0.25, 0.3) is 0 Å². The molecule has 2 aromatic carbocycles. The zero-order valence-corrected chi connectivity index (χ0v) is 17.3. The van der Waals surface area contributed by atoms with Crippen LogP contribution in [-0.4, -0.2) is 38.1 Å². The molecule has 2 aromatic rings. The minimum atomic E-state index is -3.28. The number of hydrogen-bond acceptors (Lipinski definition) is 4. The molecule has 1 aliphatic rings. The van der Waals surface area contributed by atoms with E-state index in [1.165, 1.54) is 22.7 Å². The Morgan fingerprint density at radius 2 is 2.07 bits per heavy atom. The molecule has 5 nitrogen and oxygen atoms in total. The van der Waals surface area contributed by atoms with Gasteiger partial charge in [0.25, 0.3) is 0 Å². The number of benzene rings is 2. The predicted molar refractivity (Wildman–Crippen MR) is 108 cm³/mol. The lowest BCUT2D eigenvalue weighted by Gasteiger charge is -2.32. The molecule has 1 saturated heterocycles. The van der Waals surface area contributed by atoms with Gasteiger partial charge in [-0.3, -0.25) is 0 Å². The number of sulfonamides is 1. The van der Waals surface area contributed by atoms with Gasteiger partial charge in [-0.1, -0.05) is 17.7 Å². The minimum absolute atomic E-state index is 0.0820. The van der Waals surface area contributed by atoms with E-state index in [1.54, 1.807) is 24.3 Å². The van der Waals surface area contributed by atoms with Crippen LogP contribution in [0.5, 0.6) is 0 Å². The number of anilines is 1. The summed E-state index contributed by atoms with van der Waals surface area (Å²) >= 11 is 6.23. The van der Waals surface area contributed by atoms with Crippen LogP contribution < -0.4 is 4.90 Å². The maximum atomic E-state index is 13.8. The average molecular weight is 422 g/mol. The Morgan fingerprint density at radius 3 is 2.68 bits per heavy atom. The molecular weight excluding hydrogens is 401 g/mol. The molecule has 3 rings (SSSR count). The van der Waals surface area contributed by atoms with Gasteiger partial charge < -0.3 is 4.90 Å². The fourth-order valence-corrected chi connectivity index (χ4v) is 4.56. The molecule has 28 heavy (non-hydrogen) atoms. The van der Waals surface area contributed by atoms with E-state index in [2.05, 4.69) is 0 Å². The monoisotopic (exact) mass is 421 g/mol. The SMILES string of the molecule is Cc1ccc(F)cc1CN(c1ccc(C#N)c(Cl)c1)[C@H]1CCN(S(C)(=O)=O)C1. The second-order valence-corrected chi connectivity index (χ2v) is 9.43. The molecule has 0 aromatic heterocycles. The number of halogens is 2. The summed E-state index contributed by atoms with van der Waals surface area (Å²) in [5, 5.41) is 9.46. The van der Waals surface area contributed by atoms with Crippen LogP contribution in [0.4, 0.5) is 10.1 Å². The Bertz CT molecular complexity index is 1040. The van der Waals surface area contributed by atoms with Crippen LogP contribution in [-0.2, 0) is 16.6 Å². The predicted octanol–water partition coefficient (Wildman–Crippen LogP) is 3.70. The van der Waals surface area contributed by atoms with E-state index < -0.39 is 10.0 Å². The van der Waals surface area contributed by atoms with Crippen LogP contribution >= 0.6 is 11.6 Å². The van der Waals surface area contributed by atoms with E-state index in [9.17, 15) is 12.8 Å². The Hall–Kier alpha value is -2.14. The number of aryl methyl sites for hydroxylation is 1. The quantitative estimate of drug-likeness (QED) is 0.738. The normalized spacial score (nSPS) is 17.5. The Balaban J connectivity index is 1.98. The zero-order valence-electron chi connectivity index (χ0n) is 15.7. The summed E-state index contributed by atoms with van der Waals surface area (Å²) in [4.78, 5) is 2.04. The van der Waals surface area contributed by atoms with Crippen molar-refractivity contribution in [1.82, 2.24) is 4.31 Å². The van der Waals surface area contributed by atoms with Gasteiger partial charge in [0.05, 0.1) is 16.8 Å². The van der Waals surface area contributed by atoms with Crippen molar-refractivity contribution in [3.63, 3.8) is 0 Å². The molecule has 8 heteroatoms. The van der Waals surface area contributed by atoms with Crippen LogP contribution in [0.2, 0.25) is 5.02 Å². The molecule has 1 aliphatic heterocycles. The molecule has 0 unspecified atom stereocenters. The molecule has 0 saturated carbocycles. The summed E-state index contributed by atoms with van der Waals surface area (Å²) in [5.41, 5.74) is 2.91. The number of nitriles is 1. The van der Waals surface area contributed by atoms with Gasteiger partial charge in [0, 0.05) is 31.4 Å². The lowest BCUT2D eigenvalue weighted by Crippen LogP contribution is -2.38. The lowest BCUT2D eigenvalue weighted by molar-refractivity contribution is 0.473. The van der Waals surface area contributed by atoms with Gasteiger partial charge in [-0.05, 0) is 54.8 Å². The molecule has 0 spiro atoms. The lowest BCUT2D eigenvalue weighted by atomic mass is 10.1. The first-order valence-electron chi connectivity index (χ1n) is 8.85. The van der Waals surface area contributed by atoms with Crippen molar-refractivity contribution in [1.29, 1.82) is 5.26 Å². The second kappa shape index (κ2) is 8.08. The summed E-state index contributed by atoms with van der Waals surface area (Å²) in [6.07, 6.45) is 1.86. The van der Waals surface area contributed by atoms with Crippen LogP contribution in [0, 0.1) is 24.1 Å². The van der Waals surface area contributed by atoms with Crippen LogP contribution in [0.3, 0.4) is 0 Å². The third kappa shape index (κ3) is 4.46. The summed E-state index contributed by atoms with van der Waals surface area (Å²) < 4.78 is 39.1. The van der Waals surface area contributed by atoms with Gasteiger partial charge in [-0.2, -0.15) is 5.26 Å². The average Bonchev–Trinajstić information content (AvgIpc) is 3.12. The fourth-order valence-electron chi connectivity index (χ4n) is 3.46. The van der Waals surface area contributed by atoms with Crippen molar-refractivity contribution >= 4 is 27.3 Å². The summed E-state index contributed by atoms with van der Waals surface area (Å²) in [6.45, 7) is 3.11. The van der Waals surface area contributed by atoms with E-state index in [0.29, 0.717) is 36.6 Å². The number of nitrogens with zero attached hydrogens (tertiary/aromatic N) is 3. The first-order chi connectivity index (χ1) is 13.2. The summed E-state index contributed by atoms with van der Waals surface area (Å²) in [5.74, 6) is -0.317. The highest BCUT2D eigenvalue weighted by molar-refractivity contribution is 7.88. The van der Waals surface area contributed by atoms with Crippen molar-refractivity contribution in [2.45, 2.75) is 25.9 Å². The van der Waals surface area contributed by atoms with Crippen molar-refractivity contribution in [2.75, 3.05) is 24.2 Å². The van der Waals surface area contributed by atoms with E-state index in [0.717, 1.165) is 16.8 Å². The van der Waals surface area contributed by atoms with Crippen molar-refractivity contribution in [3.8, 4) is 6.07 Å². The molecule has 1 atom stereocenters. The van der Waals surface area contributed by atoms with Crippen molar-refractivity contribution in [3.05, 3.63) is 63.9 Å². The first-order valence-corrected chi connectivity index (χ1v) is 11.1. The maximum Gasteiger partial charge on any atom is 0.211 e. The fraction of sp³-hybridized carbons (Fsp3) is 0.350. The molecule has 0 radical (unpaired) electrons. The highest BCUT2D eigenvalue weighted by atomic mass is 35.5. The first kappa shape index (κ1) is 20.6. The van der Waals surface area contributed by atoms with Gasteiger partial charge >= 0.3 is 0 Å². The standard InChI is InChI=1S/C20H21ClFN3O2S/c1-14-3-5-17(22)9-16(14)12-25(18-6-4-15(11-23)20(21)10-18)19-7-8-24(13-19)28(2,26)27/h3-6,9-10,19H,7-8,12-13H2,1-2H3/t19-/m0/s1. The second-order valence-electron chi connectivity index (χ2n) is 7.04. The largest absolute Gasteiger partial charge is 0.363 e. The van der Waals surface area contributed by atoms with Gasteiger partial charge in [-0.25, -0.2) is 17.1 Å². The maximum absolute atomic E-state index is 13.8. The Morgan fingerprint density at radius 1 is 1.32 bits per heavy atom. The summed E-state index contributed by atoms with van der Waals surface area (Å²) in [7, 11) is -3.28. The number of rotatable bonds is 5. The smallest absolute Gasteiger partial charge is 0.211 e. The Kier molecular flexibility index (Phi) is 5.94. The molecule has 148 valence electrons. The highest BCUT2D eigenvalue weighted by Gasteiger charge is 2.33. The van der Waals surface area contributed by atoms with E-state index in [1.807, 2.05) is 17.9 Å². The molecule has 1 heterocycles. The summed E-state index contributed by atoms with van der Waals surface area (Å²) in [6, 6.07) is 11.7. The third-order valence-electron chi connectivity index (χ3n) is 5.09. The van der Waals surface area contributed by atoms with Gasteiger partial charge in [0.15, 0.2) is 0 Å². The van der Waals surface area contributed by atoms with E-state index in [4.69, 9.17) is 16.9 Å². The topological polar surface area (TPSA) is 64.4 Å². The molecule has 0 N–H and O–H groups in total. The minimum Gasteiger partial charge on any atom is -0.363 e. The molecule has 0 bridgehead atoms. The van der Waals surface area contributed by atoms with E-state index in [-0.39, 0.29) is 11.9 Å². The van der Waals surface area contributed by atoms with Gasteiger partial charge in [-0.15, -0.1) is 0 Å². The van der Waals surface area contributed by atoms with Gasteiger partial charge in [0.1, 0.15) is 11.9 Å². The van der Waals surface area contributed by atoms with Crippen molar-refractivity contribution in [2.24, 2.45) is 0 Å². The van der Waals surface area contributed by atoms with E-state index >= 15 is 0 Å². The molecule has 0 amide bonds. The Labute approximate surface area is 170 Å². The third-order valence-corrected chi connectivity index (χ3v) is 6.67. The van der Waals surface area contributed by atoms with Crippen molar-refractivity contribution < 1.29 is 12.8 Å². The highest BCUT2D eigenvalue weighted by Crippen LogP contribution is 2.30.